The number of nitro groups is 1. The van der Waals surface area contributed by atoms with Crippen molar-refractivity contribution in [3.8, 4) is 5.69 Å². The number of hydrogen-bond acceptors (Lipinski definition) is 4. The van der Waals surface area contributed by atoms with Crippen molar-refractivity contribution in [3.63, 3.8) is 0 Å². The van der Waals surface area contributed by atoms with Crippen molar-refractivity contribution < 1.29 is 4.92 Å². The third-order valence-electron chi connectivity index (χ3n) is 2.99. The quantitative estimate of drug-likeness (QED) is 0.586. The lowest BCUT2D eigenvalue weighted by Gasteiger charge is -2.09. The molecule has 1 N–H and O–H groups in total. The molecule has 0 aliphatic heterocycles. The second-order valence-corrected chi connectivity index (χ2v) is 4.39. The lowest BCUT2D eigenvalue weighted by atomic mass is 10.3. The van der Waals surface area contributed by atoms with Gasteiger partial charge < -0.3 is 5.32 Å². The summed E-state index contributed by atoms with van der Waals surface area (Å²) < 4.78 is 1.77. The number of rotatable bonds is 4. The highest BCUT2D eigenvalue weighted by molar-refractivity contribution is 5.59. The van der Waals surface area contributed by atoms with Crippen LogP contribution in [0.5, 0.6) is 0 Å². The number of benzene rings is 2. The molecule has 21 heavy (non-hydrogen) atoms. The van der Waals surface area contributed by atoms with Gasteiger partial charge in [-0.15, -0.1) is 0 Å². The minimum Gasteiger partial charge on any atom is -0.340 e. The van der Waals surface area contributed by atoms with Crippen LogP contribution in [0.15, 0.2) is 66.9 Å². The molecule has 0 saturated carbocycles. The van der Waals surface area contributed by atoms with Crippen LogP contribution in [-0.4, -0.2) is 14.7 Å². The predicted octanol–water partition coefficient (Wildman–Crippen LogP) is 3.52. The van der Waals surface area contributed by atoms with Gasteiger partial charge in [-0.05, 0) is 24.3 Å². The summed E-state index contributed by atoms with van der Waals surface area (Å²) in [5, 5.41) is 18.1. The molecule has 104 valence electrons. The number of hydrogen-bond donors (Lipinski definition) is 1. The highest BCUT2D eigenvalue weighted by Gasteiger charge is 2.07. The maximum absolute atomic E-state index is 10.6. The minimum absolute atomic E-state index is 0.0668. The lowest BCUT2D eigenvalue weighted by molar-refractivity contribution is -0.384. The van der Waals surface area contributed by atoms with Crippen LogP contribution in [0.3, 0.4) is 0 Å². The smallest absolute Gasteiger partial charge is 0.269 e. The van der Waals surface area contributed by atoms with Crippen molar-refractivity contribution >= 4 is 17.2 Å². The molecule has 6 nitrogen and oxygen atoms in total. The molecule has 3 rings (SSSR count). The highest BCUT2D eigenvalue weighted by Crippen LogP contribution is 2.21. The molecule has 0 saturated heterocycles. The number of aromatic nitrogens is 2. The van der Waals surface area contributed by atoms with E-state index in [1.165, 1.54) is 12.1 Å². The Morgan fingerprint density at radius 2 is 1.71 bits per heavy atom. The zero-order valence-electron chi connectivity index (χ0n) is 11.0. The summed E-state index contributed by atoms with van der Waals surface area (Å²) in [5.41, 5.74) is 1.77. The van der Waals surface area contributed by atoms with Crippen LogP contribution in [0.2, 0.25) is 0 Å². The van der Waals surface area contributed by atoms with Crippen LogP contribution in [0.25, 0.3) is 5.69 Å². The average Bonchev–Trinajstić information content (AvgIpc) is 2.97. The van der Waals surface area contributed by atoms with Crippen LogP contribution in [0, 0.1) is 10.1 Å². The van der Waals surface area contributed by atoms with E-state index in [1.54, 1.807) is 23.0 Å². The van der Waals surface area contributed by atoms with Gasteiger partial charge in [0.15, 0.2) is 0 Å². The molecule has 3 aromatic rings. The summed E-state index contributed by atoms with van der Waals surface area (Å²) in [6.07, 6.45) is 1.70. The van der Waals surface area contributed by atoms with E-state index in [9.17, 15) is 10.1 Å². The molecular formula is C15H12N4O2. The molecule has 0 spiro atoms. The van der Waals surface area contributed by atoms with Crippen LogP contribution in [0.4, 0.5) is 17.2 Å². The molecule has 0 bridgehead atoms. The standard InChI is InChI=1S/C15H12N4O2/c20-19(21)14-8-6-12(7-9-14)17-15-10-11-16-18(15)13-4-2-1-3-5-13/h1-11,17H. The SMILES string of the molecule is O=[N+]([O-])c1ccc(Nc2ccnn2-c2ccccc2)cc1. The Labute approximate surface area is 120 Å². The van der Waals surface area contributed by atoms with E-state index >= 15 is 0 Å². The molecule has 0 aliphatic rings. The summed E-state index contributed by atoms with van der Waals surface area (Å²) >= 11 is 0. The van der Waals surface area contributed by atoms with E-state index in [0.717, 1.165) is 17.2 Å². The number of nitrogens with one attached hydrogen (secondary N) is 1. The molecule has 0 radical (unpaired) electrons. The second kappa shape index (κ2) is 5.46. The van der Waals surface area contributed by atoms with Gasteiger partial charge in [-0.2, -0.15) is 5.10 Å². The maximum atomic E-state index is 10.6. The van der Waals surface area contributed by atoms with E-state index < -0.39 is 4.92 Å². The Hall–Kier alpha value is -3.15. The molecule has 1 heterocycles. The van der Waals surface area contributed by atoms with Gasteiger partial charge in [0.25, 0.3) is 5.69 Å². The van der Waals surface area contributed by atoms with E-state index in [0.29, 0.717) is 0 Å². The van der Waals surface area contributed by atoms with Crippen LogP contribution in [-0.2, 0) is 0 Å². The largest absolute Gasteiger partial charge is 0.340 e. The third-order valence-corrected chi connectivity index (χ3v) is 2.99. The summed E-state index contributed by atoms with van der Waals surface area (Å²) in [7, 11) is 0. The van der Waals surface area contributed by atoms with E-state index in [1.807, 2.05) is 36.4 Å². The first-order valence-corrected chi connectivity index (χ1v) is 6.35. The van der Waals surface area contributed by atoms with E-state index in [2.05, 4.69) is 10.4 Å². The van der Waals surface area contributed by atoms with Gasteiger partial charge in [0, 0.05) is 23.9 Å². The zero-order chi connectivity index (χ0) is 14.7. The number of nitro benzene ring substituents is 1. The van der Waals surface area contributed by atoms with Gasteiger partial charge >= 0.3 is 0 Å². The van der Waals surface area contributed by atoms with Crippen molar-refractivity contribution in [1.82, 2.24) is 9.78 Å². The first-order chi connectivity index (χ1) is 10.2. The normalized spacial score (nSPS) is 10.3. The van der Waals surface area contributed by atoms with Gasteiger partial charge in [0.1, 0.15) is 5.82 Å². The molecule has 0 aliphatic carbocycles. The van der Waals surface area contributed by atoms with Crippen LogP contribution in [0.1, 0.15) is 0 Å². The van der Waals surface area contributed by atoms with Crippen molar-refractivity contribution in [1.29, 1.82) is 0 Å². The summed E-state index contributed by atoms with van der Waals surface area (Å²) in [6, 6.07) is 17.8. The van der Waals surface area contributed by atoms with Crippen molar-refractivity contribution in [2.75, 3.05) is 5.32 Å². The molecule has 0 fully saturated rings. The Balaban J connectivity index is 1.86. The number of non-ortho nitro benzene ring substituents is 1. The number of anilines is 2. The van der Waals surface area contributed by atoms with Crippen LogP contribution < -0.4 is 5.32 Å². The fourth-order valence-electron chi connectivity index (χ4n) is 1.99. The Kier molecular flexibility index (Phi) is 3.34. The van der Waals surface area contributed by atoms with E-state index in [-0.39, 0.29) is 5.69 Å². The van der Waals surface area contributed by atoms with Gasteiger partial charge in [-0.1, -0.05) is 18.2 Å². The Bertz CT molecular complexity index is 751. The Morgan fingerprint density at radius 3 is 2.38 bits per heavy atom. The first kappa shape index (κ1) is 12.9. The molecule has 2 aromatic carbocycles. The first-order valence-electron chi connectivity index (χ1n) is 6.35. The van der Waals surface area contributed by atoms with E-state index in [4.69, 9.17) is 0 Å². The highest BCUT2D eigenvalue weighted by atomic mass is 16.6. The van der Waals surface area contributed by atoms with Gasteiger partial charge in [0.05, 0.1) is 16.8 Å². The fourth-order valence-corrected chi connectivity index (χ4v) is 1.99. The van der Waals surface area contributed by atoms with Gasteiger partial charge in [-0.3, -0.25) is 10.1 Å². The monoisotopic (exact) mass is 280 g/mol. The second-order valence-electron chi connectivity index (χ2n) is 4.39. The Morgan fingerprint density at radius 1 is 1.00 bits per heavy atom. The van der Waals surface area contributed by atoms with Gasteiger partial charge in [-0.25, -0.2) is 4.68 Å². The predicted molar refractivity (Wildman–Crippen MR) is 79.9 cm³/mol. The summed E-state index contributed by atoms with van der Waals surface area (Å²) in [4.78, 5) is 10.2. The zero-order valence-corrected chi connectivity index (χ0v) is 11.0. The van der Waals surface area contributed by atoms with Crippen molar-refractivity contribution in [3.05, 3.63) is 77.0 Å². The molecule has 0 amide bonds. The topological polar surface area (TPSA) is 73.0 Å². The maximum Gasteiger partial charge on any atom is 0.269 e. The fraction of sp³-hybridized carbons (Fsp3) is 0. The number of para-hydroxylation sites is 1. The lowest BCUT2D eigenvalue weighted by Crippen LogP contribution is -2.02. The minimum atomic E-state index is -0.419. The van der Waals surface area contributed by atoms with Crippen LogP contribution >= 0.6 is 0 Å². The van der Waals surface area contributed by atoms with Crippen molar-refractivity contribution in [2.24, 2.45) is 0 Å². The third kappa shape index (κ3) is 2.74. The van der Waals surface area contributed by atoms with Gasteiger partial charge in [0.2, 0.25) is 0 Å². The van der Waals surface area contributed by atoms with Crippen molar-refractivity contribution in [2.45, 2.75) is 0 Å². The molecule has 0 atom stereocenters. The average molecular weight is 280 g/mol. The number of nitrogens with zero attached hydrogens (tertiary/aromatic N) is 3. The summed E-state index contributed by atoms with van der Waals surface area (Å²) in [6.45, 7) is 0. The summed E-state index contributed by atoms with van der Waals surface area (Å²) in [5.74, 6) is 0.787. The molecule has 1 aromatic heterocycles. The molecule has 6 heteroatoms. The molecular weight excluding hydrogens is 268 g/mol. The molecule has 0 unspecified atom stereocenters.